The lowest BCUT2D eigenvalue weighted by Crippen LogP contribution is -2.25. The van der Waals surface area contributed by atoms with Crippen LogP contribution in [0.3, 0.4) is 0 Å². The molecule has 0 amide bonds. The normalized spacial score (nSPS) is 20.1. The molecule has 0 bridgehead atoms. The first kappa shape index (κ1) is 39.2. The fraction of sp³-hybridized carbons (Fsp3) is 0.467. The first-order chi connectivity index (χ1) is 26.5. The van der Waals surface area contributed by atoms with Gasteiger partial charge in [0.1, 0.15) is 11.5 Å². The van der Waals surface area contributed by atoms with E-state index < -0.39 is 5.97 Å². The number of para-hydroxylation sites is 1. The highest BCUT2D eigenvalue weighted by atomic mass is 32.1. The van der Waals surface area contributed by atoms with E-state index in [9.17, 15) is 9.59 Å². The summed E-state index contributed by atoms with van der Waals surface area (Å²) in [5.41, 5.74) is 6.50. The third-order valence-electron chi connectivity index (χ3n) is 11.2. The lowest BCUT2D eigenvalue weighted by Gasteiger charge is -2.38. The Kier molecular flexibility index (Phi) is 14.7. The van der Waals surface area contributed by atoms with Crippen molar-refractivity contribution in [3.8, 4) is 11.5 Å². The molecule has 0 radical (unpaired) electrons. The van der Waals surface area contributed by atoms with Crippen LogP contribution in [0.5, 0.6) is 11.5 Å². The van der Waals surface area contributed by atoms with E-state index in [1.807, 2.05) is 30.3 Å². The van der Waals surface area contributed by atoms with Crippen LogP contribution >= 0.6 is 11.3 Å². The molecule has 54 heavy (non-hydrogen) atoms. The van der Waals surface area contributed by atoms with Crippen LogP contribution in [-0.4, -0.2) is 36.4 Å². The summed E-state index contributed by atoms with van der Waals surface area (Å²) >= 11 is 1.55. The van der Waals surface area contributed by atoms with E-state index in [4.69, 9.17) is 14.2 Å². The molecule has 6 rings (SSSR count). The first-order valence-corrected chi connectivity index (χ1v) is 20.8. The molecule has 4 aromatic rings. The van der Waals surface area contributed by atoms with Gasteiger partial charge in [0.25, 0.3) is 0 Å². The van der Waals surface area contributed by atoms with Gasteiger partial charge in [-0.15, -0.1) is 0 Å². The first-order valence-electron chi connectivity index (χ1n) is 20.0. The summed E-state index contributed by atoms with van der Waals surface area (Å²) in [5.74, 6) is 3.54. The maximum absolute atomic E-state index is 13.4. The number of nitrogens with one attached hydrogen (secondary N) is 1. The van der Waals surface area contributed by atoms with E-state index >= 15 is 0 Å². The summed E-state index contributed by atoms with van der Waals surface area (Å²) in [6.07, 6.45) is 19.9. The Labute approximate surface area is 324 Å². The number of nitrogens with zero attached hydrogens (tertiary/aromatic N) is 2. The van der Waals surface area contributed by atoms with Gasteiger partial charge in [-0.3, -0.25) is 5.43 Å². The van der Waals surface area contributed by atoms with Gasteiger partial charge in [-0.2, -0.15) is 5.10 Å². The SMILES string of the molecule is C=CC(=O)OCCCCCCOc1ccc(C(=O)Oc2ccc(C3CCC(C4CCC(CCC)CC4)CC3)cc2/C=N/Nc2nc3ccccc3s2)cc1. The number of carbonyl (C=O) groups excluding carboxylic acids is 2. The van der Waals surface area contributed by atoms with Gasteiger partial charge in [0.05, 0.1) is 35.2 Å². The average Bonchev–Trinajstić information content (AvgIpc) is 3.63. The zero-order valence-corrected chi connectivity index (χ0v) is 32.5. The maximum Gasteiger partial charge on any atom is 0.343 e. The molecule has 286 valence electrons. The standard InChI is InChI=1S/C45H55N3O5S/c1-3-11-32-14-16-33(17-15-32)34-18-20-35(21-19-34)37-24-27-41(38(30-37)31-46-48-45-47-40-12-7-8-13-42(40)54-45)53-44(50)36-22-25-39(26-23-36)51-28-9-5-6-10-29-52-43(49)4-2/h4,7-8,12-13,22-27,30-35H,2-3,5-6,9-11,14-21,28-29H2,1H3,(H,47,48)/b46-31+. The number of esters is 2. The van der Waals surface area contributed by atoms with E-state index in [1.165, 1.54) is 75.8 Å². The molecule has 1 N–H and O–H groups in total. The minimum atomic E-state index is -0.436. The topological polar surface area (TPSA) is 99.1 Å². The number of fused-ring (bicyclic) bond motifs is 1. The molecular formula is C45H55N3O5S. The van der Waals surface area contributed by atoms with E-state index in [-0.39, 0.29) is 5.97 Å². The fourth-order valence-corrected chi connectivity index (χ4v) is 9.01. The van der Waals surface area contributed by atoms with Crippen molar-refractivity contribution in [2.75, 3.05) is 18.6 Å². The Morgan fingerprint density at radius 3 is 2.33 bits per heavy atom. The number of rotatable bonds is 18. The number of benzene rings is 3. The second-order valence-corrected chi connectivity index (χ2v) is 15.9. The van der Waals surface area contributed by atoms with Gasteiger partial charge in [-0.25, -0.2) is 14.6 Å². The van der Waals surface area contributed by atoms with Gasteiger partial charge in [0, 0.05) is 11.6 Å². The van der Waals surface area contributed by atoms with Crippen molar-refractivity contribution < 1.29 is 23.8 Å². The molecule has 2 saturated carbocycles. The molecule has 2 aliphatic carbocycles. The molecule has 0 saturated heterocycles. The zero-order chi connectivity index (χ0) is 37.5. The number of anilines is 1. The largest absolute Gasteiger partial charge is 0.494 e. The van der Waals surface area contributed by atoms with Crippen LogP contribution in [0.25, 0.3) is 10.2 Å². The van der Waals surface area contributed by atoms with E-state index in [0.717, 1.165) is 59.2 Å². The Bertz CT molecular complexity index is 1800. The molecule has 0 spiro atoms. The van der Waals surface area contributed by atoms with Crippen molar-refractivity contribution in [1.82, 2.24) is 4.98 Å². The molecule has 3 aromatic carbocycles. The van der Waals surface area contributed by atoms with Crippen molar-refractivity contribution in [3.63, 3.8) is 0 Å². The molecule has 0 aliphatic heterocycles. The van der Waals surface area contributed by atoms with Gasteiger partial charge in [-0.1, -0.05) is 68.7 Å². The van der Waals surface area contributed by atoms with Gasteiger partial charge in [-0.05, 0) is 142 Å². The van der Waals surface area contributed by atoms with Gasteiger partial charge in [0.2, 0.25) is 5.13 Å². The highest BCUT2D eigenvalue weighted by molar-refractivity contribution is 7.22. The highest BCUT2D eigenvalue weighted by Crippen LogP contribution is 2.45. The summed E-state index contributed by atoms with van der Waals surface area (Å²) in [5, 5.41) is 5.25. The average molecular weight is 750 g/mol. The predicted molar refractivity (Wildman–Crippen MR) is 219 cm³/mol. The number of thiazole rings is 1. The maximum atomic E-state index is 13.4. The number of hydrogen-bond acceptors (Lipinski definition) is 9. The van der Waals surface area contributed by atoms with Crippen molar-refractivity contribution >= 4 is 44.8 Å². The third-order valence-corrected chi connectivity index (χ3v) is 12.1. The van der Waals surface area contributed by atoms with Crippen molar-refractivity contribution in [3.05, 3.63) is 96.1 Å². The summed E-state index contributed by atoms with van der Waals surface area (Å²) in [7, 11) is 0. The molecule has 9 heteroatoms. The molecule has 0 atom stereocenters. The van der Waals surface area contributed by atoms with Crippen LogP contribution in [0.15, 0.2) is 84.5 Å². The van der Waals surface area contributed by atoms with E-state index in [2.05, 4.69) is 41.1 Å². The van der Waals surface area contributed by atoms with Crippen LogP contribution in [0.2, 0.25) is 0 Å². The minimum absolute atomic E-state index is 0.385. The molecule has 0 unspecified atom stereocenters. The fourth-order valence-electron chi connectivity index (χ4n) is 8.20. The Morgan fingerprint density at radius 2 is 1.61 bits per heavy atom. The predicted octanol–water partition coefficient (Wildman–Crippen LogP) is 11.5. The van der Waals surface area contributed by atoms with Gasteiger partial charge in [0.15, 0.2) is 0 Å². The van der Waals surface area contributed by atoms with Gasteiger partial charge >= 0.3 is 11.9 Å². The molecular weight excluding hydrogens is 695 g/mol. The molecule has 1 heterocycles. The molecule has 2 fully saturated rings. The van der Waals surface area contributed by atoms with Crippen LogP contribution < -0.4 is 14.9 Å². The number of unbranched alkanes of at least 4 members (excludes halogenated alkanes) is 3. The van der Waals surface area contributed by atoms with Crippen LogP contribution in [0.4, 0.5) is 5.13 Å². The molecule has 2 aliphatic rings. The monoisotopic (exact) mass is 749 g/mol. The summed E-state index contributed by atoms with van der Waals surface area (Å²) in [6.45, 7) is 6.69. The Hall–Kier alpha value is -4.50. The lowest BCUT2D eigenvalue weighted by molar-refractivity contribution is -0.137. The highest BCUT2D eigenvalue weighted by Gasteiger charge is 2.31. The van der Waals surface area contributed by atoms with E-state index in [0.29, 0.717) is 41.3 Å². The van der Waals surface area contributed by atoms with E-state index in [1.54, 1.807) is 41.8 Å². The second-order valence-electron chi connectivity index (χ2n) is 14.9. The quantitative estimate of drug-likeness (QED) is 0.0270. The summed E-state index contributed by atoms with van der Waals surface area (Å²) < 4.78 is 18.0. The smallest absolute Gasteiger partial charge is 0.343 e. The Morgan fingerprint density at radius 1 is 0.889 bits per heavy atom. The van der Waals surface area contributed by atoms with Crippen LogP contribution in [0.1, 0.15) is 124 Å². The number of carbonyl (C=O) groups is 2. The zero-order valence-electron chi connectivity index (χ0n) is 31.7. The number of ether oxygens (including phenoxy) is 3. The van der Waals surface area contributed by atoms with Crippen molar-refractivity contribution in [2.24, 2.45) is 22.9 Å². The van der Waals surface area contributed by atoms with Crippen LogP contribution in [0, 0.1) is 17.8 Å². The van der Waals surface area contributed by atoms with Crippen LogP contribution in [-0.2, 0) is 9.53 Å². The Balaban J connectivity index is 1.05. The van der Waals surface area contributed by atoms with Crippen molar-refractivity contribution in [1.29, 1.82) is 0 Å². The minimum Gasteiger partial charge on any atom is -0.494 e. The van der Waals surface area contributed by atoms with Crippen molar-refractivity contribution in [2.45, 2.75) is 103 Å². The molecule has 8 nitrogen and oxygen atoms in total. The third kappa shape index (κ3) is 11.3. The summed E-state index contributed by atoms with van der Waals surface area (Å²) in [4.78, 5) is 29.1. The van der Waals surface area contributed by atoms with Gasteiger partial charge < -0.3 is 14.2 Å². The molecule has 1 aromatic heterocycles. The summed E-state index contributed by atoms with van der Waals surface area (Å²) in [6, 6.07) is 21.3. The number of hydrazone groups is 1. The number of hydrogen-bond donors (Lipinski definition) is 1. The second kappa shape index (κ2) is 20.3. The number of aromatic nitrogens is 1. The lowest BCUT2D eigenvalue weighted by atomic mass is 9.68.